The second-order valence-electron chi connectivity index (χ2n) is 4.12. The molecule has 0 heterocycles. The number of benzene rings is 1. The lowest BCUT2D eigenvalue weighted by molar-refractivity contribution is -0.384. The third kappa shape index (κ3) is 3.19. The maximum Gasteiger partial charge on any atom is 0.293 e. The summed E-state index contributed by atoms with van der Waals surface area (Å²) in [6, 6.07) is 4.47. The Labute approximate surface area is 106 Å². The molecule has 0 aliphatic carbocycles. The lowest BCUT2D eigenvalue weighted by atomic mass is 10.1. The highest BCUT2D eigenvalue weighted by molar-refractivity contribution is 5.95. The van der Waals surface area contributed by atoms with Gasteiger partial charge >= 0.3 is 0 Å². The van der Waals surface area contributed by atoms with Crippen LogP contribution in [0.2, 0.25) is 0 Å². The summed E-state index contributed by atoms with van der Waals surface area (Å²) < 4.78 is 0. The highest BCUT2D eigenvalue weighted by Crippen LogP contribution is 2.25. The molecule has 18 heavy (non-hydrogen) atoms. The highest BCUT2D eigenvalue weighted by Gasteiger charge is 2.17. The second-order valence-corrected chi connectivity index (χ2v) is 4.12. The van der Waals surface area contributed by atoms with Gasteiger partial charge < -0.3 is 10.2 Å². The minimum absolute atomic E-state index is 0.0730. The molecular weight excluding hydrogens is 234 g/mol. The van der Waals surface area contributed by atoms with E-state index in [1.54, 1.807) is 26.2 Å². The van der Waals surface area contributed by atoms with Crippen molar-refractivity contribution in [3.63, 3.8) is 0 Å². The van der Waals surface area contributed by atoms with Gasteiger partial charge in [-0.1, -0.05) is 6.92 Å². The number of nitrogens with one attached hydrogen (secondary N) is 1. The monoisotopic (exact) mass is 251 g/mol. The maximum atomic E-state index is 11.7. The van der Waals surface area contributed by atoms with Gasteiger partial charge in [0.2, 0.25) is 0 Å². The molecule has 1 aromatic carbocycles. The molecule has 0 aromatic heterocycles. The van der Waals surface area contributed by atoms with E-state index in [0.717, 1.165) is 6.42 Å². The molecule has 1 amide bonds. The van der Waals surface area contributed by atoms with Crippen LogP contribution in [0.1, 0.15) is 23.7 Å². The summed E-state index contributed by atoms with van der Waals surface area (Å²) in [6.07, 6.45) is 0.871. The first-order valence-corrected chi connectivity index (χ1v) is 5.71. The Morgan fingerprint density at radius 3 is 2.61 bits per heavy atom. The molecule has 0 spiro atoms. The van der Waals surface area contributed by atoms with Crippen molar-refractivity contribution in [2.75, 3.05) is 26.0 Å². The Bertz CT molecular complexity index is 458. The molecule has 0 aliphatic heterocycles. The van der Waals surface area contributed by atoms with Crippen molar-refractivity contribution in [3.05, 3.63) is 33.9 Å². The van der Waals surface area contributed by atoms with Crippen molar-refractivity contribution >= 4 is 17.3 Å². The standard InChI is InChI=1S/C12H17N3O3/c1-4-7-13-10-6-5-9(12(16)14(2)3)8-11(10)15(17)18/h5-6,8,13H,4,7H2,1-3H3. The lowest BCUT2D eigenvalue weighted by Crippen LogP contribution is -2.21. The largest absolute Gasteiger partial charge is 0.380 e. The van der Waals surface area contributed by atoms with Crippen molar-refractivity contribution in [3.8, 4) is 0 Å². The van der Waals surface area contributed by atoms with Gasteiger partial charge in [-0.3, -0.25) is 14.9 Å². The summed E-state index contributed by atoms with van der Waals surface area (Å²) in [6.45, 7) is 2.63. The number of carbonyl (C=O) groups is 1. The van der Waals surface area contributed by atoms with Crippen molar-refractivity contribution in [1.29, 1.82) is 0 Å². The zero-order valence-corrected chi connectivity index (χ0v) is 10.8. The summed E-state index contributed by atoms with van der Waals surface area (Å²) in [7, 11) is 3.22. The first-order chi connectivity index (χ1) is 8.47. The van der Waals surface area contributed by atoms with E-state index in [1.165, 1.54) is 11.0 Å². The molecule has 0 atom stereocenters. The van der Waals surface area contributed by atoms with Gasteiger partial charge in [0.25, 0.3) is 11.6 Å². The van der Waals surface area contributed by atoms with Crippen LogP contribution in [-0.4, -0.2) is 36.4 Å². The molecule has 1 rings (SSSR count). The van der Waals surface area contributed by atoms with Crippen LogP contribution in [0, 0.1) is 10.1 Å². The molecule has 0 unspecified atom stereocenters. The topological polar surface area (TPSA) is 75.5 Å². The predicted molar refractivity (Wildman–Crippen MR) is 69.9 cm³/mol. The van der Waals surface area contributed by atoms with E-state index < -0.39 is 4.92 Å². The number of nitrogens with zero attached hydrogens (tertiary/aromatic N) is 2. The van der Waals surface area contributed by atoms with Gasteiger partial charge in [0.1, 0.15) is 5.69 Å². The molecule has 0 saturated heterocycles. The van der Waals surface area contributed by atoms with E-state index in [4.69, 9.17) is 0 Å². The van der Waals surface area contributed by atoms with Crippen LogP contribution in [-0.2, 0) is 0 Å². The van der Waals surface area contributed by atoms with Gasteiger partial charge in [-0.2, -0.15) is 0 Å². The normalized spacial score (nSPS) is 9.94. The first-order valence-electron chi connectivity index (χ1n) is 5.71. The van der Waals surface area contributed by atoms with E-state index in [1.807, 2.05) is 6.92 Å². The minimum atomic E-state index is -0.482. The quantitative estimate of drug-likeness (QED) is 0.642. The number of hydrogen-bond donors (Lipinski definition) is 1. The van der Waals surface area contributed by atoms with Gasteiger partial charge in [0.05, 0.1) is 4.92 Å². The van der Waals surface area contributed by atoms with Gasteiger partial charge in [0.15, 0.2) is 0 Å². The number of carbonyl (C=O) groups excluding carboxylic acids is 1. The summed E-state index contributed by atoms with van der Waals surface area (Å²) in [5.41, 5.74) is 0.682. The molecule has 0 aliphatic rings. The number of hydrogen-bond acceptors (Lipinski definition) is 4. The van der Waals surface area contributed by atoms with E-state index >= 15 is 0 Å². The van der Waals surface area contributed by atoms with Gasteiger partial charge in [-0.25, -0.2) is 0 Å². The fraction of sp³-hybridized carbons (Fsp3) is 0.417. The predicted octanol–water partition coefficient (Wildman–Crippen LogP) is 2.12. The minimum Gasteiger partial charge on any atom is -0.380 e. The summed E-state index contributed by atoms with van der Waals surface area (Å²) in [5.74, 6) is -0.250. The van der Waals surface area contributed by atoms with Crippen LogP contribution in [0.15, 0.2) is 18.2 Å². The fourth-order valence-electron chi connectivity index (χ4n) is 1.48. The van der Waals surface area contributed by atoms with E-state index in [-0.39, 0.29) is 11.6 Å². The molecule has 0 radical (unpaired) electrons. The van der Waals surface area contributed by atoms with Crippen molar-refractivity contribution in [2.45, 2.75) is 13.3 Å². The zero-order valence-electron chi connectivity index (χ0n) is 10.8. The molecular formula is C12H17N3O3. The average Bonchev–Trinajstić information content (AvgIpc) is 2.34. The Morgan fingerprint density at radius 1 is 1.44 bits per heavy atom. The fourth-order valence-corrected chi connectivity index (χ4v) is 1.48. The van der Waals surface area contributed by atoms with Gasteiger partial charge in [0, 0.05) is 32.3 Å². The van der Waals surface area contributed by atoms with Crippen LogP contribution in [0.25, 0.3) is 0 Å². The van der Waals surface area contributed by atoms with E-state index in [9.17, 15) is 14.9 Å². The van der Waals surface area contributed by atoms with Crippen LogP contribution in [0.5, 0.6) is 0 Å². The summed E-state index contributed by atoms with van der Waals surface area (Å²) in [4.78, 5) is 23.6. The van der Waals surface area contributed by atoms with Crippen LogP contribution in [0.4, 0.5) is 11.4 Å². The number of amides is 1. The van der Waals surface area contributed by atoms with Crippen molar-refractivity contribution in [1.82, 2.24) is 4.90 Å². The van der Waals surface area contributed by atoms with Crippen LogP contribution >= 0.6 is 0 Å². The molecule has 98 valence electrons. The number of nitro benzene ring substituents is 1. The van der Waals surface area contributed by atoms with Gasteiger partial charge in [-0.15, -0.1) is 0 Å². The van der Waals surface area contributed by atoms with Crippen molar-refractivity contribution in [2.24, 2.45) is 0 Å². The second kappa shape index (κ2) is 6.00. The number of rotatable bonds is 5. The Morgan fingerprint density at radius 2 is 2.11 bits per heavy atom. The van der Waals surface area contributed by atoms with Crippen molar-refractivity contribution < 1.29 is 9.72 Å². The smallest absolute Gasteiger partial charge is 0.293 e. The number of anilines is 1. The average molecular weight is 251 g/mol. The van der Waals surface area contributed by atoms with E-state index in [2.05, 4.69) is 5.32 Å². The molecule has 0 saturated carbocycles. The Kier molecular flexibility index (Phi) is 4.65. The highest BCUT2D eigenvalue weighted by atomic mass is 16.6. The molecule has 1 aromatic rings. The SMILES string of the molecule is CCCNc1ccc(C(=O)N(C)C)cc1[N+](=O)[O-]. The van der Waals surface area contributed by atoms with E-state index in [0.29, 0.717) is 17.8 Å². The Hall–Kier alpha value is -2.11. The first kappa shape index (κ1) is 14.0. The van der Waals surface area contributed by atoms with Crippen LogP contribution < -0.4 is 5.32 Å². The summed E-state index contributed by atoms with van der Waals surface area (Å²) >= 11 is 0. The molecule has 0 fully saturated rings. The molecule has 6 nitrogen and oxygen atoms in total. The zero-order chi connectivity index (χ0) is 13.7. The third-order valence-electron chi connectivity index (χ3n) is 2.41. The molecule has 0 bridgehead atoms. The van der Waals surface area contributed by atoms with Gasteiger partial charge in [-0.05, 0) is 18.6 Å². The number of nitro groups is 1. The Balaban J connectivity index is 3.11. The van der Waals surface area contributed by atoms with Crippen LogP contribution in [0.3, 0.4) is 0 Å². The third-order valence-corrected chi connectivity index (χ3v) is 2.41. The maximum absolute atomic E-state index is 11.7. The molecule has 1 N–H and O–H groups in total. The summed E-state index contributed by atoms with van der Waals surface area (Å²) in [5, 5.41) is 13.9. The molecule has 6 heteroatoms. The lowest BCUT2D eigenvalue weighted by Gasteiger charge is -2.11.